The van der Waals surface area contributed by atoms with Crippen molar-refractivity contribution >= 4 is 268 Å². The topological polar surface area (TPSA) is 117 Å². The van der Waals surface area contributed by atoms with Crippen LogP contribution < -0.4 is 0 Å². The van der Waals surface area contributed by atoms with E-state index in [0.29, 0.717) is 22.3 Å². The van der Waals surface area contributed by atoms with Gasteiger partial charge >= 0.3 is 0 Å². The lowest BCUT2D eigenvalue weighted by atomic mass is 10.0. The molecule has 0 saturated heterocycles. The van der Waals surface area contributed by atoms with Crippen LogP contribution >= 0.6 is 29.4 Å². The molecule has 14 aromatic heterocycles. The quantitative estimate of drug-likeness (QED) is 0.121. The summed E-state index contributed by atoms with van der Waals surface area (Å²) in [4.78, 5) is 0. The van der Waals surface area contributed by atoms with Crippen LogP contribution in [0.15, 0.2) is 403 Å². The van der Waals surface area contributed by atoms with Crippen molar-refractivity contribution < 1.29 is 26.5 Å². The summed E-state index contributed by atoms with van der Waals surface area (Å²) >= 11 is 0. The van der Waals surface area contributed by atoms with Gasteiger partial charge in [0.1, 0.15) is 33.4 Å². The molecule has 33 rings (SSSR count). The van der Waals surface area contributed by atoms with Crippen molar-refractivity contribution in [1.29, 1.82) is 0 Å². The van der Waals surface area contributed by atoms with Gasteiger partial charge < -0.3 is 62.7 Å². The number of rotatable bonds is 6. The molecule has 0 N–H and O–H groups in total. The van der Waals surface area contributed by atoms with Crippen molar-refractivity contribution in [3.05, 3.63) is 376 Å². The number of hydrogen-bond acceptors (Lipinski definition) is 6. The molecule has 4 unspecified atom stereocenters. The van der Waals surface area contributed by atoms with E-state index in [9.17, 15) is 0 Å². The third-order valence-electron chi connectivity index (χ3n) is 27.7. The lowest BCUT2D eigenvalue weighted by Gasteiger charge is -2.31. The summed E-state index contributed by atoms with van der Waals surface area (Å²) in [5, 5.41) is 17.2. The fourth-order valence-corrected chi connectivity index (χ4v) is 34.9. The van der Waals surface area contributed by atoms with Crippen molar-refractivity contribution in [1.82, 2.24) is 36.2 Å². The Labute approximate surface area is 735 Å². The van der Waals surface area contributed by atoms with Gasteiger partial charge in [-0.2, -0.15) is 0 Å². The predicted octanol–water partition coefficient (Wildman–Crippen LogP) is 33.8. The maximum atomic E-state index is 7.10. The molecule has 0 amide bonds. The van der Waals surface area contributed by atoms with Gasteiger partial charge in [0.2, 0.25) is 0 Å². The van der Waals surface area contributed by atoms with Crippen LogP contribution in [-0.2, 0) is 0 Å². The molecule has 14 nitrogen and oxygen atoms in total. The molecule has 0 spiro atoms. The van der Waals surface area contributed by atoms with Crippen LogP contribution in [0.2, 0.25) is 0 Å². The minimum Gasteiger partial charge on any atom is -0.453 e. The molecule has 4 atom stereocenters. The monoisotopic (exact) mass is 1740 g/mol. The van der Waals surface area contributed by atoms with Crippen LogP contribution in [0, 0.1) is 0 Å². The molecule has 0 aliphatic rings. The number of nitrogens with zero attached hydrogens (tertiary/aromatic N) is 8. The molecule has 0 fully saturated rings. The first kappa shape index (κ1) is 69.1. The number of para-hydroxylation sites is 10. The maximum absolute atomic E-state index is 7.10. The van der Waals surface area contributed by atoms with Gasteiger partial charge in [-0.15, -0.1) is 0 Å². The van der Waals surface area contributed by atoms with E-state index < -0.39 is 29.4 Å². The Hall–Kier alpha value is -16.2. The normalized spacial score (nSPS) is 13.3. The van der Waals surface area contributed by atoms with E-state index >= 15 is 0 Å². The Morgan fingerprint density at radius 2 is 0.385 bits per heavy atom. The van der Waals surface area contributed by atoms with Crippen molar-refractivity contribution in [3.8, 4) is 34.1 Å². The number of benzene rings is 19. The lowest BCUT2D eigenvalue weighted by molar-refractivity contribution is 0.611. The minimum absolute atomic E-state index is 0.706. The molecular weight excluding hydrogens is 1680 g/mol. The molecule has 130 heavy (non-hydrogen) atoms. The third kappa shape index (κ3) is 8.59. The molecule has 0 aliphatic heterocycles. The van der Waals surface area contributed by atoms with E-state index in [1.54, 1.807) is 0 Å². The molecule has 0 radical (unpaired) electrons. The molecule has 606 valence electrons. The van der Waals surface area contributed by atoms with Crippen molar-refractivity contribution in [2.24, 2.45) is 0 Å². The second-order valence-corrected chi connectivity index (χ2v) is 42.3. The smallest absolute Gasteiger partial charge is 0.186 e. The molecule has 33 aromatic rings. The molecule has 18 heteroatoms. The molecule has 0 aliphatic carbocycles. The first-order valence-electron chi connectivity index (χ1n) is 43.8. The molecule has 19 aromatic carbocycles. The SMILES string of the molecule is c1ccc(-n2c3cccc4c3p3c5c2cccc5n(-c2ccccc2)c2c5cc6c7c(c5cc(c23)n4-c2ccccc2)n(-c2ccccc2)c2cccc3c2p7c2c(cccc2n6-c2ccccc2)n3-c2ccccc2)cc1.c1ccc2c(c1)oc1ccc3oc4c5oc6cccc7c6p6c5c(oc5ccc8oc9ccccc9n7c8c56)c5oc6cccc7c6p(c54)c3c1n27. The predicted molar refractivity (Wildman–Crippen MR) is 540 cm³/mol. The second-order valence-electron chi connectivity index (χ2n) is 34.2. The highest BCUT2D eigenvalue weighted by Crippen LogP contribution is 2.66. The van der Waals surface area contributed by atoms with Crippen molar-refractivity contribution in [3.63, 3.8) is 0 Å². The van der Waals surface area contributed by atoms with E-state index in [4.69, 9.17) is 26.5 Å². The van der Waals surface area contributed by atoms with Crippen LogP contribution in [0.5, 0.6) is 0 Å². The first-order chi connectivity index (χ1) is 64.6. The molecule has 0 saturated carbocycles. The van der Waals surface area contributed by atoms with Crippen molar-refractivity contribution in [2.75, 3.05) is 0 Å². The largest absolute Gasteiger partial charge is 0.453 e. The van der Waals surface area contributed by atoms with Crippen LogP contribution in [0.3, 0.4) is 0 Å². The highest BCUT2D eigenvalue weighted by Gasteiger charge is 2.36. The zero-order valence-electron chi connectivity index (χ0n) is 68.6. The van der Waals surface area contributed by atoms with E-state index in [1.165, 1.54) is 108 Å². The Kier molecular flexibility index (Phi) is 13.3. The summed E-state index contributed by atoms with van der Waals surface area (Å²) in [5.41, 5.74) is 37.1. The third-order valence-corrected chi connectivity index (χ3v) is 38.4. The van der Waals surface area contributed by atoms with Gasteiger partial charge in [-0.1, -0.05) is 199 Å². The number of fused-ring (bicyclic) bond motifs is 11. The summed E-state index contributed by atoms with van der Waals surface area (Å²) in [5.74, 6) is 0. The lowest BCUT2D eigenvalue weighted by Crippen LogP contribution is -2.10. The summed E-state index contributed by atoms with van der Waals surface area (Å²) in [6.07, 6.45) is 0. The highest BCUT2D eigenvalue weighted by atomic mass is 31.1. The van der Waals surface area contributed by atoms with E-state index in [-0.39, 0.29) is 0 Å². The molecular formula is C112H62N8O6P4. The fourth-order valence-electron chi connectivity index (χ4n) is 22.9. The first-order valence-corrected chi connectivity index (χ1v) is 49.2. The second kappa shape index (κ2) is 25.0. The van der Waals surface area contributed by atoms with E-state index in [1.807, 2.05) is 36.4 Å². The van der Waals surface area contributed by atoms with Crippen LogP contribution in [0.1, 0.15) is 0 Å². The summed E-state index contributed by atoms with van der Waals surface area (Å²) < 4.78 is 61.7. The van der Waals surface area contributed by atoms with E-state index in [2.05, 4.69) is 376 Å². The van der Waals surface area contributed by atoms with Crippen LogP contribution in [0.4, 0.5) is 0 Å². The molecule has 0 bridgehead atoms. The fraction of sp³-hybridized carbons (Fsp3) is 0. The zero-order valence-corrected chi connectivity index (χ0v) is 72.2. The highest BCUT2D eigenvalue weighted by molar-refractivity contribution is 7.65. The Bertz CT molecular complexity index is 10100. The van der Waals surface area contributed by atoms with Gasteiger partial charge in [0.05, 0.1) is 119 Å². The summed E-state index contributed by atoms with van der Waals surface area (Å²) in [6, 6.07) is 137. The van der Waals surface area contributed by atoms with Gasteiger partial charge in [0.25, 0.3) is 0 Å². The number of aromatic nitrogens is 8. The van der Waals surface area contributed by atoms with Gasteiger partial charge in [-0.05, 0) is 206 Å². The van der Waals surface area contributed by atoms with Crippen LogP contribution in [-0.4, -0.2) is 36.2 Å². The van der Waals surface area contributed by atoms with Gasteiger partial charge in [0.15, 0.2) is 44.7 Å². The number of hydrogen-bond donors (Lipinski definition) is 0. The summed E-state index contributed by atoms with van der Waals surface area (Å²) in [6.45, 7) is 0. The standard InChI is InChI=1S/C70H44N6P2.C42H18N2O6P2/c1-7-23-45(24-8-1)71-53-35-19-39-57-65(53)77-67-55(71)37-21-41-59(67)75(49-31-15-5-16-32-49)63-51-44-62-70-64(52(51)43-61(69(63)77)73(57)47-27-11-3-12-28-47)76(50-33-17-6-18-34-50)60-42-22-38-56-68(60)78(70)66-54(72(56)46-25-9-2-10-26-46)36-20-40-58(66)74(62)48-29-13-4-14-30-48;1-3-11-23-19(7-1)43-21-9-5-13-27-37(21)51-39-29(17-15-25(45-23)31(39)43)49-35-34-42-36(33(47-27)41(35)51)50-30-18-16-26-32-40(30)52(42)38-22(10-6-14-28(38)48-34)44(32)20-8-2-4-12-24(20)46-26/h1-44H;1-18H. The zero-order chi connectivity index (χ0) is 83.9. The summed E-state index contributed by atoms with van der Waals surface area (Å²) in [7, 11) is -4.54. The Balaban J connectivity index is 0.000000130. The maximum Gasteiger partial charge on any atom is 0.186 e. The van der Waals surface area contributed by atoms with Crippen LogP contribution in [0.25, 0.3) is 273 Å². The van der Waals surface area contributed by atoms with E-state index in [0.717, 1.165) is 143 Å². The van der Waals surface area contributed by atoms with Gasteiger partial charge in [-0.3, -0.25) is 0 Å². The Morgan fingerprint density at radius 1 is 0.146 bits per heavy atom. The minimum atomic E-state index is -1.15. The van der Waals surface area contributed by atoms with Crippen molar-refractivity contribution in [2.45, 2.75) is 0 Å². The average Bonchev–Trinajstić information content (AvgIpc) is 0.660. The van der Waals surface area contributed by atoms with Gasteiger partial charge in [-0.25, -0.2) is 0 Å². The average molecular weight is 1740 g/mol. The Morgan fingerprint density at radius 3 is 0.715 bits per heavy atom. The molecule has 14 heterocycles. The van der Waals surface area contributed by atoms with Gasteiger partial charge in [0, 0.05) is 75.6 Å².